The number of halogens is 2. The van der Waals surface area contributed by atoms with Gasteiger partial charge < -0.3 is 53.9 Å². The molecule has 3 aromatic carbocycles. The fraction of sp³-hybridized carbons (Fsp3) is 0.462. The molecule has 1 saturated heterocycles. The monoisotopic (exact) mass is 1270 g/mol. The van der Waals surface area contributed by atoms with Gasteiger partial charge in [-0.2, -0.15) is 0 Å². The first-order valence-electron chi connectivity index (χ1n) is 29.9. The summed E-state index contributed by atoms with van der Waals surface area (Å²) < 4.78 is 30.9. The molecule has 20 nitrogen and oxygen atoms in total. The number of thiazole rings is 1. The summed E-state index contributed by atoms with van der Waals surface area (Å²) in [6, 6.07) is 17.9. The van der Waals surface area contributed by atoms with Crippen molar-refractivity contribution in [1.29, 1.82) is 0 Å². The topological polar surface area (TPSA) is 207 Å². The van der Waals surface area contributed by atoms with Crippen LogP contribution in [-0.2, 0) is 54.4 Å². The third-order valence-corrected chi connectivity index (χ3v) is 16.0. The Balaban J connectivity index is 0.00000698. The Morgan fingerprint density at radius 2 is 1.47 bits per heavy atom. The van der Waals surface area contributed by atoms with Crippen molar-refractivity contribution in [1.82, 2.24) is 44.9 Å². The summed E-state index contributed by atoms with van der Waals surface area (Å²) >= 11 is 14.0. The molecule has 88 heavy (non-hydrogen) atoms. The number of piperazine rings is 1. The molecule has 3 atom stereocenters. The zero-order valence-electron chi connectivity index (χ0n) is 51.8. The van der Waals surface area contributed by atoms with Gasteiger partial charge in [0.05, 0.1) is 86.7 Å². The van der Waals surface area contributed by atoms with Crippen LogP contribution in [0.5, 0.6) is 11.5 Å². The largest absolute Gasteiger partial charge is 0.494 e. The van der Waals surface area contributed by atoms with Crippen LogP contribution in [0.25, 0.3) is 0 Å². The molecule has 0 radical (unpaired) electrons. The molecule has 5 aromatic rings. The van der Waals surface area contributed by atoms with Crippen molar-refractivity contribution < 1.29 is 42.9 Å². The Bertz CT molecular complexity index is 2960. The van der Waals surface area contributed by atoms with E-state index in [-0.39, 0.29) is 42.6 Å². The third kappa shape index (κ3) is 25.3. The van der Waals surface area contributed by atoms with Gasteiger partial charge in [0.15, 0.2) is 5.13 Å². The average Bonchev–Trinajstić information content (AvgIpc) is 3.86. The molecule has 3 unspecified atom stereocenters. The maximum atomic E-state index is 14.2. The van der Waals surface area contributed by atoms with Gasteiger partial charge >= 0.3 is 6.03 Å². The van der Waals surface area contributed by atoms with E-state index in [4.69, 9.17) is 46.9 Å². The van der Waals surface area contributed by atoms with E-state index in [9.17, 15) is 19.2 Å². The van der Waals surface area contributed by atoms with Gasteiger partial charge in [0.2, 0.25) is 17.7 Å². The highest BCUT2D eigenvalue weighted by Crippen LogP contribution is 2.32. The molecule has 5 amide bonds. The summed E-state index contributed by atoms with van der Waals surface area (Å²) in [5, 5.41) is 19.9. The van der Waals surface area contributed by atoms with Crippen molar-refractivity contribution >= 4 is 69.1 Å². The van der Waals surface area contributed by atoms with Crippen LogP contribution in [0, 0.1) is 0 Å². The quantitative estimate of drug-likeness (QED) is 0.0191. The second-order valence-corrected chi connectivity index (χ2v) is 22.7. The van der Waals surface area contributed by atoms with Crippen LogP contribution in [0.15, 0.2) is 128 Å². The number of anilines is 2. The van der Waals surface area contributed by atoms with Crippen LogP contribution in [0.1, 0.15) is 75.0 Å². The van der Waals surface area contributed by atoms with E-state index >= 15 is 0 Å². The average molecular weight is 1270 g/mol. The Kier molecular flexibility index (Phi) is 32.5. The van der Waals surface area contributed by atoms with Crippen molar-refractivity contribution in [2.45, 2.75) is 90.4 Å². The highest BCUT2D eigenvalue weighted by atomic mass is 35.5. The summed E-state index contributed by atoms with van der Waals surface area (Å²) in [4.78, 5) is 65.9. The van der Waals surface area contributed by atoms with Crippen molar-refractivity contribution in [2.75, 3.05) is 117 Å². The number of ether oxygens (including phenoxy) is 5. The van der Waals surface area contributed by atoms with E-state index in [1.54, 1.807) is 75.7 Å². The Hall–Kier alpha value is -6.95. The predicted octanol–water partition coefficient (Wildman–Crippen LogP) is 10.4. The van der Waals surface area contributed by atoms with Crippen LogP contribution >= 0.6 is 34.5 Å². The number of rotatable bonds is 38. The normalized spacial score (nSPS) is 13.6. The molecule has 2 aromatic heterocycles. The van der Waals surface area contributed by atoms with Gasteiger partial charge in [0.25, 0.3) is 0 Å². The second kappa shape index (κ2) is 39.8. The molecule has 0 bridgehead atoms. The molecule has 0 saturated carbocycles. The molecule has 1 fully saturated rings. The number of benzene rings is 3. The van der Waals surface area contributed by atoms with E-state index in [0.29, 0.717) is 130 Å². The molecule has 3 heterocycles. The Labute approximate surface area is 533 Å². The summed E-state index contributed by atoms with van der Waals surface area (Å²) in [6.07, 6.45) is 11.1. The van der Waals surface area contributed by atoms with Crippen LogP contribution < -0.4 is 25.4 Å². The summed E-state index contributed by atoms with van der Waals surface area (Å²) in [5.74, 6) is 0.968. The van der Waals surface area contributed by atoms with Gasteiger partial charge in [-0.1, -0.05) is 84.9 Å². The number of nitrogens with zero attached hydrogens (tertiary/aromatic N) is 8. The molecular weight excluding hydrogens is 1180 g/mol. The number of unbranched alkanes of at least 4 members (excludes halogenated alkanes) is 1. The first kappa shape index (κ1) is 71.8. The summed E-state index contributed by atoms with van der Waals surface area (Å²) in [5.41, 5.74) is 4.41. The van der Waals surface area contributed by atoms with E-state index < -0.39 is 12.1 Å². The van der Waals surface area contributed by atoms with E-state index in [1.807, 2.05) is 63.2 Å². The molecule has 1 aliphatic heterocycles. The number of likely N-dealkylation sites (N-methyl/N-ethyl adjacent to an activating group) is 2. The van der Waals surface area contributed by atoms with Gasteiger partial charge in [-0.3, -0.25) is 19.7 Å². The van der Waals surface area contributed by atoms with E-state index in [2.05, 4.69) is 74.4 Å². The van der Waals surface area contributed by atoms with Gasteiger partial charge in [-0.15, -0.1) is 29.6 Å². The van der Waals surface area contributed by atoms with E-state index in [0.717, 1.165) is 61.6 Å². The number of amides is 5. The number of urea groups is 1. The lowest BCUT2D eigenvalue weighted by molar-refractivity contribution is -0.143. The van der Waals surface area contributed by atoms with Crippen molar-refractivity contribution in [3.8, 4) is 11.5 Å². The predicted molar refractivity (Wildman–Crippen MR) is 351 cm³/mol. The zero-order chi connectivity index (χ0) is 63.6. The summed E-state index contributed by atoms with van der Waals surface area (Å²) in [7, 11) is 4.13. The Morgan fingerprint density at radius 3 is 2.16 bits per heavy atom. The minimum absolute atomic E-state index is 0.0447. The van der Waals surface area contributed by atoms with Crippen LogP contribution in [0.2, 0.25) is 10.0 Å². The lowest BCUT2D eigenvalue weighted by Crippen LogP contribution is -2.49. The lowest BCUT2D eigenvalue weighted by atomic mass is 9.99. The fourth-order valence-electron chi connectivity index (χ4n) is 9.20. The number of hydrogen-bond donors (Lipinski definition) is 3. The van der Waals surface area contributed by atoms with Gasteiger partial charge in [-0.05, 0) is 125 Å². The smallest absolute Gasteiger partial charge is 0.325 e. The maximum absolute atomic E-state index is 14.2. The standard InChI is InChI=1S/C63H85Cl2N11O9S.C2H4/c1-8-13-49(10-3)47(5)66-61(79)60(50-17-24-56(64)57(65)42-50)76(46(4)9-2)58(77)25-16-48-14-20-54(21-15-48)84-34-12-11-27-72(6)32-36-82-39-38-81-35-26-52-44-75(71-70-52)33-37-83-40-41-85-55-22-18-51(19-23-55)67-62(80)69-63-68-53(45-86-63)43-59(78)74-30-28-73(7)29-31-74;1-2/h8,10,13-15,17-24,42,44-47,60H,1,3,9,11-12,16,25-41,43H2,2,4-7H3,(H,66,79)(H2,67,68,69,80);1-2H2/b49-13+;. The number of aryl methyl sites for hydroxylation is 1. The molecule has 6 rings (SSSR count). The van der Waals surface area contributed by atoms with Gasteiger partial charge in [0, 0.05) is 68.9 Å². The van der Waals surface area contributed by atoms with Crippen LogP contribution in [0.4, 0.5) is 15.6 Å². The zero-order valence-corrected chi connectivity index (χ0v) is 54.1. The van der Waals surface area contributed by atoms with Crippen LogP contribution in [0.3, 0.4) is 0 Å². The molecule has 0 aliphatic carbocycles. The number of hydrogen-bond acceptors (Lipinski definition) is 15. The number of carbonyl (C=O) groups is 4. The first-order chi connectivity index (χ1) is 42.6. The first-order valence-corrected chi connectivity index (χ1v) is 31.5. The highest BCUT2D eigenvalue weighted by molar-refractivity contribution is 7.14. The number of allylic oxidation sites excluding steroid dienone is 2. The van der Waals surface area contributed by atoms with Crippen molar-refractivity contribution in [3.05, 3.63) is 161 Å². The fourth-order valence-corrected chi connectivity index (χ4v) is 10.2. The second-order valence-electron chi connectivity index (χ2n) is 21.0. The SMILES string of the molecule is C=C.C=C/C=C(\C=C)C(C)NC(=O)C(c1ccc(Cl)c(Cl)c1)N(C(=O)CCc1ccc(OCCCCN(C)CCOCCOCCc2cn(CCOCCOc3ccc(NC(=O)Nc4nc(CC(=O)N5CCN(C)CC5)cs4)cc3)nn2)cc1)C(C)CC. The molecule has 3 N–H and O–H groups in total. The van der Waals surface area contributed by atoms with Crippen molar-refractivity contribution in [3.63, 3.8) is 0 Å². The molecule has 478 valence electrons. The minimum atomic E-state index is -0.945. The van der Waals surface area contributed by atoms with Gasteiger partial charge in [0.1, 0.15) is 24.1 Å². The van der Waals surface area contributed by atoms with E-state index in [1.165, 1.54) is 11.3 Å². The molecule has 23 heteroatoms. The number of aromatic nitrogens is 4. The van der Waals surface area contributed by atoms with Crippen molar-refractivity contribution in [2.24, 2.45) is 0 Å². The number of carbonyl (C=O) groups excluding carboxylic acids is 4. The molecular formula is C65H89Cl2N11O9S. The lowest BCUT2D eigenvalue weighted by Gasteiger charge is -2.36. The number of nitrogens with one attached hydrogen (secondary N) is 3. The minimum Gasteiger partial charge on any atom is -0.494 e. The van der Waals surface area contributed by atoms with Crippen LogP contribution in [-0.4, -0.2) is 182 Å². The third-order valence-electron chi connectivity index (χ3n) is 14.4. The highest BCUT2D eigenvalue weighted by Gasteiger charge is 2.35. The molecule has 1 aliphatic rings. The Morgan fingerprint density at radius 1 is 0.784 bits per heavy atom. The summed E-state index contributed by atoms with van der Waals surface area (Å²) in [6.45, 7) is 28.8. The van der Waals surface area contributed by atoms with Gasteiger partial charge in [-0.25, -0.2) is 14.5 Å². The maximum Gasteiger partial charge on any atom is 0.325 e. The molecule has 0 spiro atoms.